The van der Waals surface area contributed by atoms with Gasteiger partial charge in [-0.2, -0.15) is 0 Å². The smallest absolute Gasteiger partial charge is 0.311 e. The number of hydrogen-bond acceptors (Lipinski definition) is 3. The third kappa shape index (κ3) is 1.33. The van der Waals surface area contributed by atoms with E-state index in [-0.39, 0.29) is 5.92 Å². The second kappa shape index (κ2) is 3.51. The van der Waals surface area contributed by atoms with E-state index < -0.39 is 11.4 Å². The maximum Gasteiger partial charge on any atom is 0.311 e. The molecule has 3 N–H and O–H groups in total. The van der Waals surface area contributed by atoms with Crippen LogP contribution in [0.25, 0.3) is 0 Å². The van der Waals surface area contributed by atoms with Crippen LogP contribution >= 0.6 is 0 Å². The Balaban J connectivity index is 2.21. The minimum atomic E-state index is -0.688. The van der Waals surface area contributed by atoms with Crippen LogP contribution in [0.4, 0.5) is 0 Å². The minimum absolute atomic E-state index is 0.271. The summed E-state index contributed by atoms with van der Waals surface area (Å²) in [5, 5.41) is 9.30. The van der Waals surface area contributed by atoms with Gasteiger partial charge < -0.3 is 15.7 Å². The van der Waals surface area contributed by atoms with Crippen molar-refractivity contribution in [1.82, 2.24) is 4.90 Å². The van der Waals surface area contributed by atoms with Gasteiger partial charge in [-0.15, -0.1) is 0 Å². The van der Waals surface area contributed by atoms with E-state index in [1.165, 1.54) is 0 Å². The maximum absolute atomic E-state index is 11.3. The molecule has 4 nitrogen and oxygen atoms in total. The first kappa shape index (κ1) is 9.93. The van der Waals surface area contributed by atoms with Crippen molar-refractivity contribution >= 4 is 5.97 Å². The van der Waals surface area contributed by atoms with E-state index in [4.69, 9.17) is 5.73 Å². The van der Waals surface area contributed by atoms with Crippen LogP contribution in [0.5, 0.6) is 0 Å². The van der Waals surface area contributed by atoms with E-state index in [1.807, 2.05) is 0 Å². The molecule has 2 aliphatic heterocycles. The number of nitrogens with zero attached hydrogens (tertiary/aromatic N) is 1. The lowest BCUT2D eigenvalue weighted by Gasteiger charge is -2.47. The van der Waals surface area contributed by atoms with E-state index in [0.717, 1.165) is 38.9 Å². The maximum atomic E-state index is 11.3. The molecule has 0 saturated carbocycles. The van der Waals surface area contributed by atoms with Crippen molar-refractivity contribution in [3.8, 4) is 0 Å². The Morgan fingerprint density at radius 2 is 2.36 bits per heavy atom. The average Bonchev–Trinajstić information content (AvgIpc) is 2.19. The van der Waals surface area contributed by atoms with Gasteiger partial charge in [-0.25, -0.2) is 0 Å². The van der Waals surface area contributed by atoms with E-state index >= 15 is 0 Å². The molecular weight excluding hydrogens is 180 g/mol. The predicted molar refractivity (Wildman–Crippen MR) is 52.9 cm³/mol. The van der Waals surface area contributed by atoms with E-state index in [0.29, 0.717) is 6.54 Å². The van der Waals surface area contributed by atoms with Crippen LogP contribution in [-0.4, -0.2) is 42.2 Å². The fraction of sp³-hybridized carbons (Fsp3) is 0.900. The fourth-order valence-electron chi connectivity index (χ4n) is 2.91. The summed E-state index contributed by atoms with van der Waals surface area (Å²) >= 11 is 0. The van der Waals surface area contributed by atoms with Crippen LogP contribution in [0.2, 0.25) is 0 Å². The number of nitrogens with two attached hydrogens (primary N) is 1. The zero-order chi connectivity index (χ0) is 10.2. The summed E-state index contributed by atoms with van der Waals surface area (Å²) in [7, 11) is 0. The molecule has 0 aromatic heterocycles. The molecule has 0 aromatic rings. The summed E-state index contributed by atoms with van der Waals surface area (Å²) in [4.78, 5) is 13.7. The largest absolute Gasteiger partial charge is 0.481 e. The number of rotatable bonds is 2. The molecular formula is C10H18N2O2. The van der Waals surface area contributed by atoms with Crippen LogP contribution in [-0.2, 0) is 4.79 Å². The van der Waals surface area contributed by atoms with E-state index in [2.05, 4.69) is 4.90 Å². The molecule has 4 heteroatoms. The molecule has 0 aromatic carbocycles. The highest BCUT2D eigenvalue weighted by molar-refractivity contribution is 5.75. The van der Waals surface area contributed by atoms with Gasteiger partial charge in [0.1, 0.15) is 0 Å². The summed E-state index contributed by atoms with van der Waals surface area (Å²) in [6, 6.07) is 0. The van der Waals surface area contributed by atoms with Crippen LogP contribution < -0.4 is 5.73 Å². The molecule has 2 bridgehead atoms. The van der Waals surface area contributed by atoms with Gasteiger partial charge in [0.05, 0.1) is 5.41 Å². The fourth-order valence-corrected chi connectivity index (χ4v) is 2.91. The molecule has 80 valence electrons. The monoisotopic (exact) mass is 198 g/mol. The van der Waals surface area contributed by atoms with Crippen LogP contribution in [0, 0.1) is 11.3 Å². The topological polar surface area (TPSA) is 66.6 Å². The van der Waals surface area contributed by atoms with Crippen LogP contribution in [0.15, 0.2) is 0 Å². The standard InChI is InChI=1S/C10H18N2O2/c11-7-10(9(13)14)3-5-12-4-1-2-8(10)6-12/h8H,1-7,11H2,(H,13,14). The SMILES string of the molecule is NCC1(C(=O)O)CCN2CCCC1C2. The molecule has 14 heavy (non-hydrogen) atoms. The molecule has 0 amide bonds. The first-order valence-corrected chi connectivity index (χ1v) is 5.35. The summed E-state index contributed by atoms with van der Waals surface area (Å²) in [6.07, 6.45) is 2.88. The van der Waals surface area contributed by atoms with Crippen LogP contribution in [0.3, 0.4) is 0 Å². The lowest BCUT2D eigenvalue weighted by Crippen LogP contribution is -2.57. The molecule has 2 saturated heterocycles. The van der Waals surface area contributed by atoms with Crippen LogP contribution in [0.1, 0.15) is 19.3 Å². The van der Waals surface area contributed by atoms with E-state index in [9.17, 15) is 9.90 Å². The van der Waals surface area contributed by atoms with Gasteiger partial charge in [-0.05, 0) is 38.3 Å². The number of piperidine rings is 2. The Morgan fingerprint density at radius 1 is 1.57 bits per heavy atom. The molecule has 0 aliphatic carbocycles. The Bertz CT molecular complexity index is 244. The molecule has 0 spiro atoms. The van der Waals surface area contributed by atoms with Crippen molar-refractivity contribution in [1.29, 1.82) is 0 Å². The summed E-state index contributed by atoms with van der Waals surface area (Å²) in [5.41, 5.74) is 5.05. The molecule has 0 radical (unpaired) electrons. The third-order valence-corrected chi connectivity index (χ3v) is 3.95. The highest BCUT2D eigenvalue weighted by Gasteiger charge is 2.48. The average molecular weight is 198 g/mol. The molecule has 2 aliphatic rings. The van der Waals surface area contributed by atoms with Gasteiger partial charge in [0, 0.05) is 13.1 Å². The van der Waals surface area contributed by atoms with Crippen molar-refractivity contribution in [3.63, 3.8) is 0 Å². The van der Waals surface area contributed by atoms with E-state index in [1.54, 1.807) is 0 Å². The Kier molecular flexibility index (Phi) is 2.49. The number of carboxylic acid groups (broad SMARTS) is 1. The van der Waals surface area contributed by atoms with Crippen molar-refractivity contribution in [2.45, 2.75) is 19.3 Å². The Labute approximate surface area is 84.1 Å². The zero-order valence-electron chi connectivity index (χ0n) is 8.41. The number of carbonyl (C=O) groups is 1. The Hall–Kier alpha value is -0.610. The van der Waals surface area contributed by atoms with Crippen molar-refractivity contribution in [2.24, 2.45) is 17.1 Å². The quantitative estimate of drug-likeness (QED) is 0.662. The minimum Gasteiger partial charge on any atom is -0.481 e. The lowest BCUT2D eigenvalue weighted by molar-refractivity contribution is -0.157. The van der Waals surface area contributed by atoms with Crippen molar-refractivity contribution in [3.05, 3.63) is 0 Å². The van der Waals surface area contributed by atoms with Gasteiger partial charge in [0.2, 0.25) is 0 Å². The normalized spacial score (nSPS) is 42.1. The second-order valence-corrected chi connectivity index (χ2v) is 4.56. The lowest BCUT2D eigenvalue weighted by atomic mass is 9.67. The number of aliphatic carboxylic acids is 1. The van der Waals surface area contributed by atoms with Crippen molar-refractivity contribution in [2.75, 3.05) is 26.2 Å². The number of hydrogen-bond donors (Lipinski definition) is 2. The summed E-state index contributed by atoms with van der Waals surface area (Å²) in [5.74, 6) is -0.418. The zero-order valence-corrected chi connectivity index (χ0v) is 8.41. The van der Waals surface area contributed by atoms with Gasteiger partial charge in [0.15, 0.2) is 0 Å². The number of carboxylic acids is 1. The summed E-state index contributed by atoms with van der Waals surface area (Å²) < 4.78 is 0. The van der Waals surface area contributed by atoms with Gasteiger partial charge in [-0.1, -0.05) is 0 Å². The van der Waals surface area contributed by atoms with Gasteiger partial charge in [0.25, 0.3) is 0 Å². The summed E-state index contributed by atoms with van der Waals surface area (Å²) in [6.45, 7) is 3.26. The number of fused-ring (bicyclic) bond motifs is 2. The first-order chi connectivity index (χ1) is 6.69. The molecule has 2 heterocycles. The second-order valence-electron chi connectivity index (χ2n) is 4.56. The van der Waals surface area contributed by atoms with Gasteiger partial charge in [-0.3, -0.25) is 4.79 Å². The molecule has 2 fully saturated rings. The third-order valence-electron chi connectivity index (χ3n) is 3.95. The first-order valence-electron chi connectivity index (χ1n) is 5.35. The van der Waals surface area contributed by atoms with Crippen molar-refractivity contribution < 1.29 is 9.90 Å². The van der Waals surface area contributed by atoms with Gasteiger partial charge >= 0.3 is 5.97 Å². The highest BCUT2D eigenvalue weighted by atomic mass is 16.4. The predicted octanol–water partition coefficient (Wildman–Crippen LogP) is 0.132. The highest BCUT2D eigenvalue weighted by Crippen LogP contribution is 2.41. The molecule has 3 unspecified atom stereocenters. The Morgan fingerprint density at radius 3 is 3.00 bits per heavy atom. The molecule has 2 rings (SSSR count). The molecule has 3 atom stereocenters.